The van der Waals surface area contributed by atoms with Crippen molar-refractivity contribution in [2.45, 2.75) is 38.0 Å². The van der Waals surface area contributed by atoms with Crippen molar-refractivity contribution in [3.63, 3.8) is 0 Å². The molecule has 12 heteroatoms. The van der Waals surface area contributed by atoms with Crippen LogP contribution in [-0.2, 0) is 37.0 Å². The van der Waals surface area contributed by atoms with E-state index in [0.717, 1.165) is 6.66 Å². The first kappa shape index (κ1) is 20.3. The zero-order valence-corrected chi connectivity index (χ0v) is 15.0. The van der Waals surface area contributed by atoms with E-state index >= 15 is 0 Å². The molecular weight excluding hydrogens is 337 g/mol. The maximum absolute atomic E-state index is 12.4. The van der Waals surface area contributed by atoms with Gasteiger partial charge >= 0.3 is 15.4 Å². The second kappa shape index (κ2) is 8.92. The molecule has 1 saturated heterocycles. The zero-order valence-electron chi connectivity index (χ0n) is 13.2. The van der Waals surface area contributed by atoms with Crippen molar-refractivity contribution in [2.75, 3.05) is 27.0 Å². The van der Waals surface area contributed by atoms with Crippen LogP contribution >= 0.6 is 15.4 Å². The highest BCUT2D eigenvalue weighted by atomic mass is 31.2. The van der Waals surface area contributed by atoms with Crippen molar-refractivity contribution in [3.8, 4) is 0 Å². The molecule has 9 nitrogen and oxygen atoms in total. The SMILES string of the molecule is BC1CC(OP(=O)(OCCCOP(C)(=O)O)OOC)C(C)O1. The van der Waals surface area contributed by atoms with Crippen LogP contribution in [0.5, 0.6) is 0 Å². The Morgan fingerprint density at radius 3 is 2.45 bits per heavy atom. The molecule has 0 spiro atoms. The predicted molar refractivity (Wildman–Crippen MR) is 80.3 cm³/mol. The normalized spacial score (nSPS) is 30.8. The molecule has 0 amide bonds. The average Bonchev–Trinajstić information content (AvgIpc) is 2.66. The van der Waals surface area contributed by atoms with Crippen LogP contribution in [-0.4, -0.2) is 57.9 Å². The molecule has 1 rings (SSSR count). The van der Waals surface area contributed by atoms with Crippen molar-refractivity contribution in [1.29, 1.82) is 0 Å². The van der Waals surface area contributed by atoms with Gasteiger partial charge in [-0.15, -0.1) is 4.67 Å². The summed E-state index contributed by atoms with van der Waals surface area (Å²) < 4.78 is 48.6. The van der Waals surface area contributed by atoms with Gasteiger partial charge in [0.2, 0.25) is 0 Å². The number of phosphoric ester groups is 1. The molecule has 5 atom stereocenters. The Morgan fingerprint density at radius 2 is 1.95 bits per heavy atom. The zero-order chi connectivity index (χ0) is 16.8. The topological polar surface area (TPSA) is 110 Å². The van der Waals surface area contributed by atoms with E-state index in [-0.39, 0.29) is 31.7 Å². The van der Waals surface area contributed by atoms with Gasteiger partial charge in [-0.25, -0.2) is 9.45 Å². The third-order valence-electron chi connectivity index (χ3n) is 2.83. The van der Waals surface area contributed by atoms with E-state index in [1.807, 2.05) is 7.85 Å². The van der Waals surface area contributed by atoms with E-state index < -0.39 is 21.5 Å². The highest BCUT2D eigenvalue weighted by Crippen LogP contribution is 2.52. The van der Waals surface area contributed by atoms with Gasteiger partial charge < -0.3 is 14.2 Å². The van der Waals surface area contributed by atoms with Crippen molar-refractivity contribution >= 4 is 23.3 Å². The van der Waals surface area contributed by atoms with Crippen LogP contribution in [0.1, 0.15) is 19.8 Å². The molecule has 0 bridgehead atoms. The van der Waals surface area contributed by atoms with Crippen molar-refractivity contribution in [1.82, 2.24) is 0 Å². The Morgan fingerprint density at radius 1 is 1.32 bits per heavy atom. The van der Waals surface area contributed by atoms with E-state index in [4.69, 9.17) is 18.7 Å². The second-order valence-corrected chi connectivity index (χ2v) is 8.42. The van der Waals surface area contributed by atoms with Crippen LogP contribution in [0.25, 0.3) is 0 Å². The van der Waals surface area contributed by atoms with Gasteiger partial charge in [0.1, 0.15) is 7.85 Å². The number of rotatable bonds is 10. The summed E-state index contributed by atoms with van der Waals surface area (Å²) in [5.74, 6) is 0. The lowest BCUT2D eigenvalue weighted by molar-refractivity contribution is -0.204. The highest BCUT2D eigenvalue weighted by Gasteiger charge is 2.39. The summed E-state index contributed by atoms with van der Waals surface area (Å²) in [6.07, 6.45) is 0.136. The maximum atomic E-state index is 12.4. The van der Waals surface area contributed by atoms with Crippen LogP contribution in [0.4, 0.5) is 0 Å². The maximum Gasteiger partial charge on any atom is 0.502 e. The largest absolute Gasteiger partial charge is 0.502 e. The molecule has 1 heterocycles. The monoisotopic (exact) mass is 360 g/mol. The molecule has 0 aromatic carbocycles. The first-order chi connectivity index (χ1) is 10.2. The Bertz CT molecular complexity index is 429. The fourth-order valence-electron chi connectivity index (χ4n) is 1.95. The molecule has 130 valence electrons. The van der Waals surface area contributed by atoms with Crippen LogP contribution in [0.15, 0.2) is 0 Å². The van der Waals surface area contributed by atoms with Crippen LogP contribution in [0.2, 0.25) is 0 Å². The van der Waals surface area contributed by atoms with Gasteiger partial charge in [-0.1, -0.05) is 0 Å². The standard InChI is InChI=1S/C10H23BO9P2/c1-8-9(7-10(11)18-8)19-22(14,20-15-2)17-6-4-5-16-21(3,12)13/h8-10H,4-7,11H2,1-3H3,(H,12,13). The summed E-state index contributed by atoms with van der Waals surface area (Å²) in [4.78, 5) is 13.4. The van der Waals surface area contributed by atoms with Gasteiger partial charge in [0.15, 0.2) is 0 Å². The molecular formula is C10H23BO9P2. The Hall–Kier alpha value is 0.245. The summed E-state index contributed by atoms with van der Waals surface area (Å²) in [5.41, 5.74) is 0. The summed E-state index contributed by atoms with van der Waals surface area (Å²) in [7, 11) is -4.35. The molecule has 1 aliphatic heterocycles. The van der Waals surface area contributed by atoms with E-state index in [1.165, 1.54) is 7.11 Å². The predicted octanol–water partition coefficient (Wildman–Crippen LogP) is 1.06. The summed E-state index contributed by atoms with van der Waals surface area (Å²) in [6.45, 7) is 2.83. The molecule has 1 aliphatic rings. The van der Waals surface area contributed by atoms with Crippen LogP contribution < -0.4 is 0 Å². The number of ether oxygens (including phenoxy) is 1. The Kier molecular flexibility index (Phi) is 8.23. The van der Waals surface area contributed by atoms with E-state index in [9.17, 15) is 9.13 Å². The minimum absolute atomic E-state index is 0.00681. The minimum Gasteiger partial charge on any atom is -0.381 e. The van der Waals surface area contributed by atoms with Crippen molar-refractivity contribution < 1.29 is 41.9 Å². The third-order valence-corrected chi connectivity index (χ3v) is 4.86. The molecule has 1 fully saturated rings. The molecule has 5 unspecified atom stereocenters. The lowest BCUT2D eigenvalue weighted by Crippen LogP contribution is -2.21. The second-order valence-electron chi connectivity index (χ2n) is 5.04. The van der Waals surface area contributed by atoms with E-state index in [1.54, 1.807) is 6.92 Å². The molecule has 1 N–H and O–H groups in total. The minimum atomic E-state index is -3.90. The van der Waals surface area contributed by atoms with Crippen molar-refractivity contribution in [3.05, 3.63) is 0 Å². The fraction of sp³-hybridized carbons (Fsp3) is 1.00. The van der Waals surface area contributed by atoms with Crippen LogP contribution in [0, 0.1) is 0 Å². The Labute approximate surface area is 131 Å². The molecule has 0 aromatic rings. The number of hydrogen-bond donors (Lipinski definition) is 1. The van der Waals surface area contributed by atoms with Gasteiger partial charge in [-0.2, -0.15) is 0 Å². The molecule has 0 aliphatic carbocycles. The third kappa shape index (κ3) is 7.68. The van der Waals surface area contributed by atoms with Gasteiger partial charge in [-0.3, -0.25) is 13.6 Å². The molecule has 0 saturated carbocycles. The smallest absolute Gasteiger partial charge is 0.381 e. The lowest BCUT2D eigenvalue weighted by Gasteiger charge is -2.21. The van der Waals surface area contributed by atoms with Gasteiger partial charge in [0.25, 0.3) is 0 Å². The van der Waals surface area contributed by atoms with E-state index in [0.29, 0.717) is 6.42 Å². The van der Waals surface area contributed by atoms with Crippen molar-refractivity contribution in [2.24, 2.45) is 0 Å². The average molecular weight is 360 g/mol. The lowest BCUT2D eigenvalue weighted by atomic mass is 9.96. The first-order valence-electron chi connectivity index (χ1n) is 6.91. The van der Waals surface area contributed by atoms with E-state index in [2.05, 4.69) is 14.1 Å². The number of hydrogen-bond acceptors (Lipinski definition) is 8. The molecule has 0 radical (unpaired) electrons. The Balaban J connectivity index is 2.42. The molecule has 0 aromatic heterocycles. The van der Waals surface area contributed by atoms with Gasteiger partial charge in [-0.05, 0) is 19.8 Å². The highest BCUT2D eigenvalue weighted by molar-refractivity contribution is 7.51. The first-order valence-corrected chi connectivity index (χ1v) is 10.4. The number of phosphoric acid groups is 1. The summed E-state index contributed by atoms with van der Waals surface area (Å²) >= 11 is 0. The molecule has 22 heavy (non-hydrogen) atoms. The van der Waals surface area contributed by atoms with Crippen LogP contribution in [0.3, 0.4) is 0 Å². The quantitative estimate of drug-likeness (QED) is 0.201. The summed E-state index contributed by atoms with van der Waals surface area (Å²) in [6, 6.07) is -0.00681. The summed E-state index contributed by atoms with van der Waals surface area (Å²) in [5, 5.41) is 0. The van der Waals surface area contributed by atoms with Gasteiger partial charge in [0, 0.05) is 12.7 Å². The fourth-order valence-corrected chi connectivity index (χ4v) is 3.68. The van der Waals surface area contributed by atoms with Gasteiger partial charge in [0.05, 0.1) is 32.5 Å².